The molecule has 2 rings (SSSR count). The first-order chi connectivity index (χ1) is 8.28. The number of ether oxygens (including phenoxy) is 1. The maximum atomic E-state index is 5.69. The average molecular weight is 231 g/mol. The van der Waals surface area contributed by atoms with Crippen LogP contribution in [0.5, 0.6) is 5.75 Å². The Morgan fingerprint density at radius 2 is 2.18 bits per heavy atom. The van der Waals surface area contributed by atoms with Gasteiger partial charge in [0, 0.05) is 18.7 Å². The fourth-order valence-electron chi connectivity index (χ4n) is 1.82. The third-order valence-electron chi connectivity index (χ3n) is 2.74. The van der Waals surface area contributed by atoms with Crippen LogP contribution in [0.25, 0.3) is 11.3 Å². The molecule has 2 aromatic rings. The lowest BCUT2D eigenvalue weighted by Gasteiger charge is -2.01. The Morgan fingerprint density at radius 3 is 2.76 bits per heavy atom. The highest BCUT2D eigenvalue weighted by atomic mass is 16.5. The van der Waals surface area contributed by atoms with Crippen molar-refractivity contribution < 1.29 is 4.74 Å². The van der Waals surface area contributed by atoms with Crippen LogP contribution in [0.2, 0.25) is 0 Å². The van der Waals surface area contributed by atoms with Crippen molar-refractivity contribution in [3.8, 4) is 17.0 Å². The van der Waals surface area contributed by atoms with Gasteiger partial charge in [0.2, 0.25) is 0 Å². The zero-order valence-corrected chi connectivity index (χ0v) is 10.2. The standard InChI is InChI=1S/C13H17N3O/c1-3-16-11(9-14)8-13(15-16)10-5-4-6-12(7-10)17-2/h4-8H,3,9,14H2,1-2H3. The number of aryl methyl sites for hydroxylation is 1. The third-order valence-corrected chi connectivity index (χ3v) is 2.74. The predicted octanol–water partition coefficient (Wildman–Crippen LogP) is 2.04. The number of hydrogen-bond donors (Lipinski definition) is 1. The molecule has 2 N–H and O–H groups in total. The summed E-state index contributed by atoms with van der Waals surface area (Å²) in [6, 6.07) is 9.90. The Bertz CT molecular complexity index is 484. The molecule has 4 heteroatoms. The highest BCUT2D eigenvalue weighted by Crippen LogP contribution is 2.23. The first-order valence-electron chi connectivity index (χ1n) is 5.69. The largest absolute Gasteiger partial charge is 0.497 e. The second kappa shape index (κ2) is 5.01. The van der Waals surface area contributed by atoms with Gasteiger partial charge in [-0.15, -0.1) is 0 Å². The van der Waals surface area contributed by atoms with Crippen LogP contribution in [0, 0.1) is 0 Å². The molecule has 1 aromatic carbocycles. The van der Waals surface area contributed by atoms with E-state index in [0.29, 0.717) is 6.54 Å². The van der Waals surface area contributed by atoms with Crippen LogP contribution in [0.4, 0.5) is 0 Å². The molecule has 0 unspecified atom stereocenters. The van der Waals surface area contributed by atoms with E-state index >= 15 is 0 Å². The van der Waals surface area contributed by atoms with Crippen molar-refractivity contribution in [1.29, 1.82) is 0 Å². The van der Waals surface area contributed by atoms with Crippen LogP contribution in [-0.2, 0) is 13.1 Å². The Balaban J connectivity index is 2.41. The lowest BCUT2D eigenvalue weighted by Crippen LogP contribution is -2.06. The van der Waals surface area contributed by atoms with Crippen LogP contribution >= 0.6 is 0 Å². The van der Waals surface area contributed by atoms with E-state index < -0.39 is 0 Å². The van der Waals surface area contributed by atoms with E-state index in [-0.39, 0.29) is 0 Å². The fourth-order valence-corrected chi connectivity index (χ4v) is 1.82. The molecular weight excluding hydrogens is 214 g/mol. The van der Waals surface area contributed by atoms with E-state index in [9.17, 15) is 0 Å². The number of benzene rings is 1. The van der Waals surface area contributed by atoms with Crippen molar-refractivity contribution in [3.05, 3.63) is 36.0 Å². The van der Waals surface area contributed by atoms with E-state index in [1.54, 1.807) is 7.11 Å². The topological polar surface area (TPSA) is 53.1 Å². The molecule has 0 aliphatic rings. The van der Waals surface area contributed by atoms with Gasteiger partial charge in [-0.25, -0.2) is 0 Å². The summed E-state index contributed by atoms with van der Waals surface area (Å²) in [6.07, 6.45) is 0. The minimum atomic E-state index is 0.505. The molecule has 0 saturated carbocycles. The van der Waals surface area contributed by atoms with Gasteiger partial charge >= 0.3 is 0 Å². The van der Waals surface area contributed by atoms with Crippen LogP contribution in [0.3, 0.4) is 0 Å². The van der Waals surface area contributed by atoms with Gasteiger partial charge in [0.25, 0.3) is 0 Å². The minimum Gasteiger partial charge on any atom is -0.497 e. The molecule has 0 amide bonds. The highest BCUT2D eigenvalue weighted by molar-refractivity contribution is 5.61. The molecule has 0 spiro atoms. The fraction of sp³-hybridized carbons (Fsp3) is 0.308. The van der Waals surface area contributed by atoms with E-state index in [2.05, 4.69) is 12.0 Å². The molecule has 0 saturated heterocycles. The number of nitrogens with zero attached hydrogens (tertiary/aromatic N) is 2. The van der Waals surface area contributed by atoms with Crippen LogP contribution in [0.1, 0.15) is 12.6 Å². The minimum absolute atomic E-state index is 0.505. The van der Waals surface area contributed by atoms with Crippen LogP contribution in [-0.4, -0.2) is 16.9 Å². The maximum Gasteiger partial charge on any atom is 0.119 e. The summed E-state index contributed by atoms with van der Waals surface area (Å²) in [5.74, 6) is 0.836. The first kappa shape index (κ1) is 11.7. The second-order valence-electron chi connectivity index (χ2n) is 3.77. The summed E-state index contributed by atoms with van der Waals surface area (Å²) in [5, 5.41) is 4.53. The van der Waals surface area contributed by atoms with Gasteiger partial charge in [-0.1, -0.05) is 12.1 Å². The van der Waals surface area contributed by atoms with Crippen molar-refractivity contribution in [3.63, 3.8) is 0 Å². The van der Waals surface area contributed by atoms with Gasteiger partial charge in [0.1, 0.15) is 5.75 Å². The summed E-state index contributed by atoms with van der Waals surface area (Å²) in [4.78, 5) is 0. The Kier molecular flexibility index (Phi) is 3.44. The highest BCUT2D eigenvalue weighted by Gasteiger charge is 2.07. The third kappa shape index (κ3) is 2.31. The Hall–Kier alpha value is -1.81. The SMILES string of the molecule is CCn1nc(-c2cccc(OC)c2)cc1CN. The van der Waals surface area contributed by atoms with Crippen molar-refractivity contribution in [2.75, 3.05) is 7.11 Å². The Labute approximate surface area is 101 Å². The molecule has 0 fully saturated rings. The monoisotopic (exact) mass is 231 g/mol. The zero-order chi connectivity index (χ0) is 12.3. The normalized spacial score (nSPS) is 10.5. The summed E-state index contributed by atoms with van der Waals surface area (Å²) in [6.45, 7) is 3.39. The molecule has 0 aliphatic carbocycles. The predicted molar refractivity (Wildman–Crippen MR) is 67.8 cm³/mol. The summed E-state index contributed by atoms with van der Waals surface area (Å²) in [7, 11) is 1.66. The zero-order valence-electron chi connectivity index (χ0n) is 10.2. The lowest BCUT2D eigenvalue weighted by atomic mass is 10.1. The number of hydrogen-bond acceptors (Lipinski definition) is 3. The van der Waals surface area contributed by atoms with Crippen molar-refractivity contribution in [1.82, 2.24) is 9.78 Å². The molecule has 4 nitrogen and oxygen atoms in total. The van der Waals surface area contributed by atoms with E-state index in [1.165, 1.54) is 0 Å². The summed E-state index contributed by atoms with van der Waals surface area (Å²) >= 11 is 0. The molecule has 90 valence electrons. The molecule has 17 heavy (non-hydrogen) atoms. The molecule has 1 aromatic heterocycles. The van der Waals surface area contributed by atoms with Gasteiger partial charge in [-0.3, -0.25) is 4.68 Å². The number of rotatable bonds is 4. The van der Waals surface area contributed by atoms with E-state index in [1.807, 2.05) is 35.0 Å². The smallest absolute Gasteiger partial charge is 0.119 e. The second-order valence-corrected chi connectivity index (χ2v) is 3.77. The molecule has 1 heterocycles. The van der Waals surface area contributed by atoms with Crippen LogP contribution < -0.4 is 10.5 Å². The molecule has 0 bridgehead atoms. The first-order valence-corrected chi connectivity index (χ1v) is 5.69. The number of methoxy groups -OCH3 is 1. The molecule has 0 radical (unpaired) electrons. The van der Waals surface area contributed by atoms with E-state index in [0.717, 1.165) is 29.2 Å². The van der Waals surface area contributed by atoms with Gasteiger partial charge in [0.15, 0.2) is 0 Å². The van der Waals surface area contributed by atoms with E-state index in [4.69, 9.17) is 10.5 Å². The van der Waals surface area contributed by atoms with Crippen molar-refractivity contribution in [2.45, 2.75) is 20.0 Å². The molecular formula is C13H17N3O. The Morgan fingerprint density at radius 1 is 1.35 bits per heavy atom. The van der Waals surface area contributed by atoms with Gasteiger partial charge < -0.3 is 10.5 Å². The molecule has 0 aliphatic heterocycles. The number of aromatic nitrogens is 2. The number of nitrogens with two attached hydrogens (primary N) is 1. The van der Waals surface area contributed by atoms with Gasteiger partial charge in [-0.05, 0) is 25.1 Å². The maximum absolute atomic E-state index is 5.69. The van der Waals surface area contributed by atoms with Gasteiger partial charge in [-0.2, -0.15) is 5.10 Å². The van der Waals surface area contributed by atoms with Gasteiger partial charge in [0.05, 0.1) is 18.5 Å². The summed E-state index contributed by atoms with van der Waals surface area (Å²) < 4.78 is 7.13. The summed E-state index contributed by atoms with van der Waals surface area (Å²) in [5.41, 5.74) is 8.72. The van der Waals surface area contributed by atoms with Crippen molar-refractivity contribution in [2.24, 2.45) is 5.73 Å². The quantitative estimate of drug-likeness (QED) is 0.876. The van der Waals surface area contributed by atoms with Crippen molar-refractivity contribution >= 4 is 0 Å². The average Bonchev–Trinajstić information content (AvgIpc) is 2.82. The lowest BCUT2D eigenvalue weighted by molar-refractivity contribution is 0.415. The molecule has 0 atom stereocenters. The van der Waals surface area contributed by atoms with Crippen LogP contribution in [0.15, 0.2) is 30.3 Å².